The predicted molar refractivity (Wildman–Crippen MR) is 79.0 cm³/mol. The van der Waals surface area contributed by atoms with E-state index >= 15 is 0 Å². The van der Waals surface area contributed by atoms with E-state index in [2.05, 4.69) is 37.3 Å². The third kappa shape index (κ3) is 3.02. The molecule has 7 nitrogen and oxygen atoms in total. The summed E-state index contributed by atoms with van der Waals surface area (Å²) in [5.74, 6) is 1.52. The minimum atomic E-state index is 0.467. The summed E-state index contributed by atoms with van der Waals surface area (Å²) in [5.41, 5.74) is 0.702. The largest absolute Gasteiger partial charge is 0.354 e. The fourth-order valence-corrected chi connectivity index (χ4v) is 1.78. The second-order valence-corrected chi connectivity index (χ2v) is 4.38. The van der Waals surface area contributed by atoms with Gasteiger partial charge < -0.3 is 5.32 Å². The Labute approximate surface area is 122 Å². The van der Waals surface area contributed by atoms with Gasteiger partial charge in [-0.05, 0) is 24.6 Å². The summed E-state index contributed by atoms with van der Waals surface area (Å²) in [6.07, 6.45) is 6.18. The quantitative estimate of drug-likeness (QED) is 0.769. The third-order valence-corrected chi connectivity index (χ3v) is 2.76. The Morgan fingerprint density at radius 3 is 2.76 bits per heavy atom. The zero-order valence-electron chi connectivity index (χ0n) is 11.6. The highest BCUT2D eigenvalue weighted by molar-refractivity contribution is 5.51. The van der Waals surface area contributed by atoms with Gasteiger partial charge in [0, 0.05) is 25.1 Å². The molecule has 21 heavy (non-hydrogen) atoms. The maximum Gasteiger partial charge on any atom is 0.255 e. The fourth-order valence-electron chi connectivity index (χ4n) is 1.78. The number of aromatic nitrogens is 6. The number of anilines is 1. The lowest BCUT2D eigenvalue weighted by atomic mass is 10.3. The molecule has 0 saturated carbocycles. The minimum Gasteiger partial charge on any atom is -0.354 e. The Bertz CT molecular complexity index is 695. The van der Waals surface area contributed by atoms with Gasteiger partial charge in [-0.15, -0.1) is 0 Å². The van der Waals surface area contributed by atoms with Crippen molar-refractivity contribution in [2.75, 3.05) is 11.9 Å². The lowest BCUT2D eigenvalue weighted by molar-refractivity contribution is 0.795. The predicted octanol–water partition coefficient (Wildman–Crippen LogP) is 1.94. The number of pyridine rings is 1. The molecule has 0 amide bonds. The molecule has 0 radical (unpaired) electrons. The van der Waals surface area contributed by atoms with Crippen LogP contribution < -0.4 is 5.32 Å². The standard InChI is InChI=1S/C14H15N7/c1-2-7-16-13-18-12(11-6-3-4-8-15-11)19-14(20-13)21-10-5-9-17-21/h3-6,8-10H,2,7H2,1H3,(H,16,18,19,20). The first-order valence-corrected chi connectivity index (χ1v) is 6.78. The first-order chi connectivity index (χ1) is 10.4. The number of nitrogens with one attached hydrogen (secondary N) is 1. The second-order valence-electron chi connectivity index (χ2n) is 4.38. The van der Waals surface area contributed by atoms with Crippen LogP contribution in [0.15, 0.2) is 42.9 Å². The lowest BCUT2D eigenvalue weighted by Crippen LogP contribution is -2.11. The van der Waals surface area contributed by atoms with Gasteiger partial charge in [-0.25, -0.2) is 4.68 Å². The molecule has 3 rings (SSSR count). The summed E-state index contributed by atoms with van der Waals surface area (Å²) < 4.78 is 1.60. The van der Waals surface area contributed by atoms with Crippen molar-refractivity contribution in [2.24, 2.45) is 0 Å². The van der Waals surface area contributed by atoms with Crippen LogP contribution in [0.5, 0.6) is 0 Å². The molecule has 0 aliphatic carbocycles. The number of hydrogen-bond acceptors (Lipinski definition) is 6. The van der Waals surface area contributed by atoms with Gasteiger partial charge in [-0.3, -0.25) is 4.98 Å². The SMILES string of the molecule is CCCNc1nc(-c2ccccn2)nc(-n2cccn2)n1. The highest BCUT2D eigenvalue weighted by Crippen LogP contribution is 2.14. The topological polar surface area (TPSA) is 81.4 Å². The summed E-state index contributed by atoms with van der Waals surface area (Å²) in [6, 6.07) is 7.45. The van der Waals surface area contributed by atoms with Crippen LogP contribution in [0, 0.1) is 0 Å². The Balaban J connectivity index is 2.05. The van der Waals surface area contributed by atoms with Gasteiger partial charge in [0.2, 0.25) is 5.95 Å². The van der Waals surface area contributed by atoms with Crippen molar-refractivity contribution < 1.29 is 0 Å². The average molecular weight is 281 g/mol. The van der Waals surface area contributed by atoms with E-state index in [4.69, 9.17) is 0 Å². The minimum absolute atomic E-state index is 0.467. The van der Waals surface area contributed by atoms with Gasteiger partial charge in [-0.1, -0.05) is 13.0 Å². The third-order valence-electron chi connectivity index (χ3n) is 2.76. The van der Waals surface area contributed by atoms with Crippen LogP contribution in [0.25, 0.3) is 17.5 Å². The molecule has 0 atom stereocenters. The van der Waals surface area contributed by atoms with Crippen LogP contribution >= 0.6 is 0 Å². The lowest BCUT2D eigenvalue weighted by Gasteiger charge is -2.07. The molecule has 3 aromatic rings. The van der Waals surface area contributed by atoms with Crippen molar-refractivity contribution in [1.82, 2.24) is 29.7 Å². The van der Waals surface area contributed by atoms with Crippen molar-refractivity contribution in [1.29, 1.82) is 0 Å². The molecule has 3 aromatic heterocycles. The normalized spacial score (nSPS) is 10.5. The molecule has 3 heterocycles. The molecule has 7 heteroatoms. The molecule has 0 bridgehead atoms. The number of hydrogen-bond donors (Lipinski definition) is 1. The first kappa shape index (κ1) is 13.2. The molecular formula is C14H15N7. The summed E-state index contributed by atoms with van der Waals surface area (Å²) in [5, 5.41) is 7.33. The smallest absolute Gasteiger partial charge is 0.255 e. The average Bonchev–Trinajstić information content (AvgIpc) is 3.08. The van der Waals surface area contributed by atoms with Crippen LogP contribution in [-0.2, 0) is 0 Å². The molecular weight excluding hydrogens is 266 g/mol. The van der Waals surface area contributed by atoms with E-state index in [0.717, 1.165) is 13.0 Å². The highest BCUT2D eigenvalue weighted by Gasteiger charge is 2.10. The van der Waals surface area contributed by atoms with Crippen LogP contribution in [0.1, 0.15) is 13.3 Å². The van der Waals surface area contributed by atoms with Crippen LogP contribution in [0.3, 0.4) is 0 Å². The fraction of sp³-hybridized carbons (Fsp3) is 0.214. The Hall–Kier alpha value is -2.83. The van der Waals surface area contributed by atoms with Crippen molar-refractivity contribution >= 4 is 5.95 Å². The Morgan fingerprint density at radius 2 is 2.05 bits per heavy atom. The van der Waals surface area contributed by atoms with E-state index in [9.17, 15) is 0 Å². The van der Waals surface area contributed by atoms with Gasteiger partial charge in [0.05, 0.1) is 0 Å². The Kier molecular flexibility index (Phi) is 3.81. The van der Waals surface area contributed by atoms with Crippen LogP contribution in [-0.4, -0.2) is 36.3 Å². The monoisotopic (exact) mass is 281 g/mol. The zero-order chi connectivity index (χ0) is 14.5. The van der Waals surface area contributed by atoms with Crippen LogP contribution in [0.2, 0.25) is 0 Å². The summed E-state index contributed by atoms with van der Waals surface area (Å²) >= 11 is 0. The van der Waals surface area contributed by atoms with E-state index in [1.807, 2.05) is 24.3 Å². The van der Waals surface area contributed by atoms with Gasteiger partial charge in [0.1, 0.15) is 5.69 Å². The van der Waals surface area contributed by atoms with E-state index in [-0.39, 0.29) is 0 Å². The molecule has 0 aliphatic heterocycles. The first-order valence-electron chi connectivity index (χ1n) is 6.78. The molecule has 106 valence electrons. The van der Waals surface area contributed by atoms with Gasteiger partial charge >= 0.3 is 0 Å². The Morgan fingerprint density at radius 1 is 1.10 bits per heavy atom. The van der Waals surface area contributed by atoms with Crippen molar-refractivity contribution in [3.05, 3.63) is 42.9 Å². The number of nitrogens with zero attached hydrogens (tertiary/aromatic N) is 6. The summed E-state index contributed by atoms with van der Waals surface area (Å²) in [7, 11) is 0. The van der Waals surface area contributed by atoms with Crippen LogP contribution in [0.4, 0.5) is 5.95 Å². The highest BCUT2D eigenvalue weighted by atomic mass is 15.4. The maximum absolute atomic E-state index is 4.43. The van der Waals surface area contributed by atoms with E-state index in [1.165, 1.54) is 0 Å². The van der Waals surface area contributed by atoms with E-state index in [0.29, 0.717) is 23.4 Å². The van der Waals surface area contributed by atoms with Crippen molar-refractivity contribution in [2.45, 2.75) is 13.3 Å². The van der Waals surface area contributed by atoms with Gasteiger partial charge in [-0.2, -0.15) is 20.1 Å². The van der Waals surface area contributed by atoms with Gasteiger partial charge in [0.15, 0.2) is 5.82 Å². The molecule has 0 aromatic carbocycles. The van der Waals surface area contributed by atoms with Crippen molar-refractivity contribution in [3.8, 4) is 17.5 Å². The molecule has 0 aliphatic rings. The van der Waals surface area contributed by atoms with Crippen molar-refractivity contribution in [3.63, 3.8) is 0 Å². The van der Waals surface area contributed by atoms with Gasteiger partial charge in [0.25, 0.3) is 5.95 Å². The summed E-state index contributed by atoms with van der Waals surface area (Å²) in [4.78, 5) is 17.5. The maximum atomic E-state index is 4.43. The number of rotatable bonds is 5. The molecule has 0 fully saturated rings. The molecule has 0 spiro atoms. The molecule has 0 unspecified atom stereocenters. The van der Waals surface area contributed by atoms with E-state index < -0.39 is 0 Å². The molecule has 1 N–H and O–H groups in total. The molecule has 0 saturated heterocycles. The van der Waals surface area contributed by atoms with E-state index in [1.54, 1.807) is 23.3 Å². The second kappa shape index (κ2) is 6.08. The summed E-state index contributed by atoms with van der Waals surface area (Å²) in [6.45, 7) is 2.88. The zero-order valence-corrected chi connectivity index (χ0v) is 11.6.